The van der Waals surface area contributed by atoms with Crippen molar-refractivity contribution in [3.05, 3.63) is 284 Å². The van der Waals surface area contributed by atoms with Crippen molar-refractivity contribution in [3.8, 4) is 61.3 Å². The number of hydrogen-bond acceptors (Lipinski definition) is 2. The fourth-order valence-corrected chi connectivity index (χ4v) is 15.4. The van der Waals surface area contributed by atoms with Crippen molar-refractivity contribution in [1.82, 2.24) is 4.57 Å². The molecule has 410 valence electrons. The predicted octanol–water partition coefficient (Wildman–Crippen LogP) is 20.8. The van der Waals surface area contributed by atoms with Gasteiger partial charge in [-0.3, -0.25) is 0 Å². The van der Waals surface area contributed by atoms with Crippen LogP contribution in [-0.2, 0) is 10.8 Å². The largest absolute Gasteiger partial charge is 0.310 e. The lowest BCUT2D eigenvalue weighted by Gasteiger charge is -2.43. The van der Waals surface area contributed by atoms with Crippen LogP contribution in [0.5, 0.6) is 0 Å². The van der Waals surface area contributed by atoms with Gasteiger partial charge >= 0.3 is 0 Å². The Labute approximate surface area is 509 Å². The maximum atomic E-state index is 2.72. The predicted molar refractivity (Wildman–Crippen MR) is 370 cm³/mol. The van der Waals surface area contributed by atoms with E-state index in [1.54, 1.807) is 0 Å². The van der Waals surface area contributed by atoms with E-state index >= 15 is 0 Å². The van der Waals surface area contributed by atoms with Crippen LogP contribution >= 0.6 is 11.8 Å². The molecule has 13 aromatic carbocycles. The number of rotatable bonds is 7. The fraction of sp³-hybridized carbons (Fsp3) is 0.0976. The van der Waals surface area contributed by atoms with Crippen LogP contribution in [0.15, 0.2) is 283 Å². The lowest BCUT2D eigenvalue weighted by Crippen LogP contribution is -2.60. The second kappa shape index (κ2) is 20.0. The molecule has 0 atom stereocenters. The summed E-state index contributed by atoms with van der Waals surface area (Å²) in [6.07, 6.45) is 0. The molecule has 0 amide bonds. The summed E-state index contributed by atoms with van der Waals surface area (Å²) in [5, 5.41) is 7.45. The number of benzene rings is 13. The van der Waals surface area contributed by atoms with Crippen LogP contribution in [0.1, 0.15) is 52.7 Å². The van der Waals surface area contributed by atoms with Gasteiger partial charge in [-0.25, -0.2) is 0 Å². The Morgan fingerprint density at radius 1 is 0.326 bits per heavy atom. The van der Waals surface area contributed by atoms with Crippen molar-refractivity contribution in [3.63, 3.8) is 0 Å². The van der Waals surface area contributed by atoms with Gasteiger partial charge < -0.3 is 9.47 Å². The first-order valence-electron chi connectivity index (χ1n) is 30.3. The summed E-state index contributed by atoms with van der Waals surface area (Å²) in [7, 11) is 0. The Hall–Kier alpha value is -9.61. The highest BCUT2D eigenvalue weighted by molar-refractivity contribution is 8.00. The van der Waals surface area contributed by atoms with E-state index in [1.807, 2.05) is 11.8 Å². The molecule has 2 aliphatic heterocycles. The molecule has 0 saturated carbocycles. The minimum absolute atomic E-state index is 0.0580. The van der Waals surface area contributed by atoms with E-state index in [1.165, 1.54) is 159 Å². The number of aromatic nitrogens is 1. The average molecular weight is 1120 g/mol. The summed E-state index contributed by atoms with van der Waals surface area (Å²) < 4.78 is 2.47. The maximum absolute atomic E-state index is 2.72. The molecule has 14 aromatic rings. The summed E-state index contributed by atoms with van der Waals surface area (Å²) >= 11 is 1.94. The van der Waals surface area contributed by atoms with E-state index in [4.69, 9.17) is 0 Å². The van der Waals surface area contributed by atoms with Crippen LogP contribution in [0.4, 0.5) is 17.1 Å². The van der Waals surface area contributed by atoms with Gasteiger partial charge in [-0.15, -0.1) is 0 Å². The van der Waals surface area contributed by atoms with Gasteiger partial charge in [-0.2, -0.15) is 0 Å². The minimum Gasteiger partial charge on any atom is -0.310 e. The van der Waals surface area contributed by atoms with Crippen molar-refractivity contribution in [2.45, 2.75) is 62.2 Å². The minimum atomic E-state index is -0.167. The molecule has 0 radical (unpaired) electrons. The molecule has 4 heteroatoms. The third-order valence-electron chi connectivity index (χ3n) is 18.3. The molecule has 2 aliphatic rings. The van der Waals surface area contributed by atoms with Crippen LogP contribution in [0, 0.1) is 0 Å². The smallest absolute Gasteiger partial charge is 0.249 e. The average Bonchev–Trinajstić information content (AvgIpc) is 0.915. The van der Waals surface area contributed by atoms with Crippen LogP contribution in [-0.4, -0.2) is 11.3 Å². The Kier molecular flexibility index (Phi) is 12.1. The number of para-hydroxylation sites is 2. The van der Waals surface area contributed by atoms with Gasteiger partial charge in [0.15, 0.2) is 0 Å². The molecule has 0 aliphatic carbocycles. The molecule has 0 fully saturated rings. The number of anilines is 3. The van der Waals surface area contributed by atoms with Crippen molar-refractivity contribution < 1.29 is 0 Å². The highest BCUT2D eigenvalue weighted by atomic mass is 32.2. The quantitative estimate of drug-likeness (QED) is 0.116. The summed E-state index contributed by atoms with van der Waals surface area (Å²) in [5.74, 6) is 0. The third kappa shape index (κ3) is 8.33. The van der Waals surface area contributed by atoms with Crippen LogP contribution in [0.3, 0.4) is 0 Å². The van der Waals surface area contributed by atoms with Gasteiger partial charge in [0.05, 0.1) is 16.7 Å². The van der Waals surface area contributed by atoms with Crippen LogP contribution in [0.2, 0.25) is 0 Å². The van der Waals surface area contributed by atoms with E-state index in [9.17, 15) is 0 Å². The lowest BCUT2D eigenvalue weighted by atomic mass is 9.34. The molecule has 1 aromatic heterocycles. The molecule has 0 bridgehead atoms. The topological polar surface area (TPSA) is 8.17 Å². The molecular formula is C82H63BN2S. The number of hydrogen-bond donors (Lipinski definition) is 0. The Balaban J connectivity index is 1.02. The fourth-order valence-electron chi connectivity index (χ4n) is 14.2. The van der Waals surface area contributed by atoms with Crippen LogP contribution in [0.25, 0.3) is 105 Å². The van der Waals surface area contributed by atoms with Crippen molar-refractivity contribution in [1.29, 1.82) is 0 Å². The first-order valence-corrected chi connectivity index (χ1v) is 31.1. The van der Waals surface area contributed by atoms with Gasteiger partial charge in [-0.05, 0) is 154 Å². The highest BCUT2D eigenvalue weighted by Crippen LogP contribution is 2.53. The maximum Gasteiger partial charge on any atom is 0.249 e. The van der Waals surface area contributed by atoms with Gasteiger partial charge in [0.25, 0.3) is 0 Å². The van der Waals surface area contributed by atoms with Gasteiger partial charge in [0, 0.05) is 48.8 Å². The summed E-state index contributed by atoms with van der Waals surface area (Å²) in [4.78, 5) is 5.31. The highest BCUT2D eigenvalue weighted by Gasteiger charge is 2.43. The van der Waals surface area contributed by atoms with Crippen LogP contribution < -0.4 is 21.3 Å². The first-order chi connectivity index (χ1) is 42.0. The van der Waals surface area contributed by atoms with Crippen molar-refractivity contribution >= 4 is 95.3 Å². The monoisotopic (exact) mass is 1120 g/mol. The SMILES string of the molecule is CC(C)(C)c1cc(-c2ccccc2)c(N2c3cc(-c4c5ccccc5c(-c5ccccc5-c5ccccc5)c5ccccc45)ccc3B3c4ccc(-n5c6ccccc6c6ccccc65)cc4Sc4cc(C(C)(C)C)cc2c43)c(-c2ccccc2)c1. The summed E-state index contributed by atoms with van der Waals surface area (Å²) in [6, 6.07) is 103. The van der Waals surface area contributed by atoms with Crippen molar-refractivity contribution in [2.75, 3.05) is 4.90 Å². The lowest BCUT2D eigenvalue weighted by molar-refractivity contribution is 0.589. The third-order valence-corrected chi connectivity index (χ3v) is 19.5. The zero-order valence-corrected chi connectivity index (χ0v) is 50.2. The molecule has 2 nitrogen and oxygen atoms in total. The molecule has 86 heavy (non-hydrogen) atoms. The summed E-state index contributed by atoms with van der Waals surface area (Å²) in [6.45, 7) is 14.1. The van der Waals surface area contributed by atoms with E-state index in [0.717, 1.165) is 0 Å². The van der Waals surface area contributed by atoms with E-state index in [2.05, 4.69) is 324 Å². The van der Waals surface area contributed by atoms with Gasteiger partial charge in [-0.1, -0.05) is 277 Å². The van der Waals surface area contributed by atoms with Gasteiger partial charge in [0.2, 0.25) is 6.71 Å². The normalized spacial score (nSPS) is 12.9. The molecular weight excluding hydrogens is 1060 g/mol. The van der Waals surface area contributed by atoms with Gasteiger partial charge in [0.1, 0.15) is 0 Å². The van der Waals surface area contributed by atoms with E-state index in [0.29, 0.717) is 0 Å². The zero-order valence-electron chi connectivity index (χ0n) is 49.4. The molecule has 0 saturated heterocycles. The molecule has 0 spiro atoms. The molecule has 0 unspecified atom stereocenters. The van der Waals surface area contributed by atoms with E-state index < -0.39 is 0 Å². The summed E-state index contributed by atoms with van der Waals surface area (Å²) in [5.41, 5.74) is 25.6. The second-order valence-electron chi connectivity index (χ2n) is 25.5. The standard InChI is InChI=1S/C82H63BN2S/c1-81(2,3)56-47-67(53-28-12-8-13-29-53)80(68(48-56)54-30-14-9-15-31-54)85-73-46-55(77-63-36-18-20-38-65(63)78(66-39-21-19-37-64(66)77)62-35-17-16-32-59(62)52-26-10-7-11-27-52)42-44-69(73)83-70-45-43-58(84-71-40-24-22-33-60(71)61-34-23-25-41-72(61)84)51-75(70)86-76-50-57(82(4,5)6)49-74(85)79(76)83/h7-51H,1-6H3. The number of fused-ring (bicyclic) bond motifs is 9. The second-order valence-corrected chi connectivity index (χ2v) is 26.6. The molecule has 0 N–H and O–H groups in total. The first kappa shape index (κ1) is 52.0. The number of nitrogens with zero attached hydrogens (tertiary/aromatic N) is 2. The Bertz CT molecular complexity index is 4870. The Morgan fingerprint density at radius 2 is 0.779 bits per heavy atom. The zero-order chi connectivity index (χ0) is 58.0. The molecule has 16 rings (SSSR count). The Morgan fingerprint density at radius 3 is 1.33 bits per heavy atom. The molecule has 3 heterocycles. The van der Waals surface area contributed by atoms with E-state index in [-0.39, 0.29) is 17.5 Å². The van der Waals surface area contributed by atoms with Crippen molar-refractivity contribution in [2.24, 2.45) is 0 Å².